The van der Waals surface area contributed by atoms with E-state index < -0.39 is 55.0 Å². The number of rotatable bonds is 14. The molecule has 0 radical (unpaired) electrons. The van der Waals surface area contributed by atoms with E-state index in [0.717, 1.165) is 52.7 Å². The maximum atomic E-state index is 14.4. The summed E-state index contributed by atoms with van der Waals surface area (Å²) in [6.45, 7) is 10.3. The van der Waals surface area contributed by atoms with E-state index in [4.69, 9.17) is 81.9 Å². The lowest BCUT2D eigenvalue weighted by Crippen LogP contribution is -2.47. The van der Waals surface area contributed by atoms with E-state index in [2.05, 4.69) is 18.2 Å². The van der Waals surface area contributed by atoms with Gasteiger partial charge in [0, 0.05) is 23.8 Å². The number of aliphatic carboxylic acids is 1. The molecule has 0 saturated carbocycles. The summed E-state index contributed by atoms with van der Waals surface area (Å²) in [5.74, 6) is -0.135. The average molecular weight is 1050 g/mol. The molecule has 16 nitrogen and oxygen atoms in total. The Morgan fingerprint density at radius 3 is 2.22 bits per heavy atom. The van der Waals surface area contributed by atoms with Crippen molar-refractivity contribution >= 4 is 101 Å². The van der Waals surface area contributed by atoms with Crippen molar-refractivity contribution in [1.82, 2.24) is 5.32 Å². The number of carbonyl (C=O) groups excluding carboxylic acids is 4. The van der Waals surface area contributed by atoms with Crippen LogP contribution in [0, 0.1) is 25.1 Å². The average Bonchev–Trinajstić information content (AvgIpc) is 3.55. The first kappa shape index (κ1) is 57.6. The first-order valence-electron chi connectivity index (χ1n) is 21.2. The van der Waals surface area contributed by atoms with Crippen molar-refractivity contribution in [3.8, 4) is 23.8 Å². The number of ether oxygens (including phenoxy) is 3. The number of anilines is 3. The number of halogens is 5. The number of carboxylic acid groups (broad SMARTS) is 1. The lowest BCUT2D eigenvalue weighted by atomic mass is 9.93. The highest BCUT2D eigenvalue weighted by Gasteiger charge is 2.41. The molecule has 2 unspecified atom stereocenters. The summed E-state index contributed by atoms with van der Waals surface area (Å²) in [5, 5.41) is 10.1. The topological polar surface area (TPSA) is 213 Å². The molecule has 3 aliphatic rings. The Labute approximate surface area is 414 Å². The minimum absolute atomic E-state index is 0.0233. The molecule has 3 aromatic rings. The Hall–Kier alpha value is -4.73. The molecule has 0 saturated heterocycles. The molecule has 2 heterocycles. The lowest BCUT2D eigenvalue weighted by Gasteiger charge is -2.35. The van der Waals surface area contributed by atoms with Crippen molar-refractivity contribution in [3.63, 3.8) is 0 Å². The molecule has 6 rings (SSSR count). The predicted molar refractivity (Wildman–Crippen MR) is 261 cm³/mol. The van der Waals surface area contributed by atoms with E-state index in [1.807, 2.05) is 63.2 Å². The van der Waals surface area contributed by atoms with Crippen LogP contribution in [-0.2, 0) is 39.7 Å². The zero-order chi connectivity index (χ0) is 50.9. The van der Waals surface area contributed by atoms with Gasteiger partial charge in [0.25, 0.3) is 17.7 Å². The molecule has 0 spiro atoms. The summed E-state index contributed by atoms with van der Waals surface area (Å²) < 4.78 is 40.8. The number of aryl methyl sites for hydroxylation is 2. The Balaban J connectivity index is 0.000000251. The van der Waals surface area contributed by atoms with Crippen LogP contribution in [-0.4, -0.2) is 100 Å². The summed E-state index contributed by atoms with van der Waals surface area (Å²) in [4.78, 5) is 78.1. The molecular weight excluding hydrogens is 992 g/mol. The number of carbonyl (C=O) groups is 5. The molecule has 2 aliphatic heterocycles. The van der Waals surface area contributed by atoms with Gasteiger partial charge < -0.3 is 34.0 Å². The highest BCUT2D eigenvalue weighted by Crippen LogP contribution is 2.40. The van der Waals surface area contributed by atoms with Crippen LogP contribution >= 0.6 is 54.0 Å². The van der Waals surface area contributed by atoms with Gasteiger partial charge in [-0.05, 0) is 89.1 Å². The Kier molecular flexibility index (Phi) is 23.3. The molecule has 2 atom stereocenters. The minimum atomic E-state index is -4.10. The number of benzene rings is 3. The van der Waals surface area contributed by atoms with Crippen molar-refractivity contribution in [1.29, 1.82) is 0 Å². The minimum Gasteiger partial charge on any atom is -0.489 e. The van der Waals surface area contributed by atoms with Crippen LogP contribution in [0.15, 0.2) is 65.7 Å². The van der Waals surface area contributed by atoms with Crippen LogP contribution in [0.5, 0.6) is 11.5 Å². The van der Waals surface area contributed by atoms with Gasteiger partial charge in [-0.1, -0.05) is 78.0 Å². The van der Waals surface area contributed by atoms with E-state index >= 15 is 0 Å². The molecule has 0 fully saturated rings. The SMILES string of the molecule is C#CC(C)Oc1cc(N2C(=O)C3=C(CCCC3)C2=O)c(F)cc1Cl.CC1COc2ccccc2N1C(=O)C(Cl)Cl.CCOCN(C(=O)CCl)c1c(C)cccc1CC.O=C(O)CNCP(=O)(O)O. The van der Waals surface area contributed by atoms with E-state index in [9.17, 15) is 32.9 Å². The summed E-state index contributed by atoms with van der Waals surface area (Å²) >= 11 is 22.9. The third kappa shape index (κ3) is 16.2. The van der Waals surface area contributed by atoms with Crippen molar-refractivity contribution in [2.24, 2.45) is 0 Å². The number of nitrogens with one attached hydrogen (secondary N) is 1. The van der Waals surface area contributed by atoms with Crippen LogP contribution in [0.3, 0.4) is 0 Å². The maximum Gasteiger partial charge on any atom is 0.339 e. The van der Waals surface area contributed by atoms with Gasteiger partial charge >= 0.3 is 13.6 Å². The summed E-state index contributed by atoms with van der Waals surface area (Å²) in [7, 11) is -4.10. The lowest BCUT2D eigenvalue weighted by molar-refractivity contribution is -0.136. The van der Waals surface area contributed by atoms with Gasteiger partial charge in [0.1, 0.15) is 36.5 Å². The molecule has 4 N–H and O–H groups in total. The van der Waals surface area contributed by atoms with Crippen LogP contribution in [0.25, 0.3) is 0 Å². The first-order chi connectivity index (χ1) is 32.1. The standard InChI is InChI=1S/C18H15ClFNO3.C14H20ClNO2.C11H11Cl2NO2.C3H8NO5P/c1-3-10(2)24-16-9-15(14(20)8-13(16)19)21-17(22)11-6-4-5-7-12(11)18(21)23;1-4-12-8-6-7-11(3)14(12)16(10-18-5-2)13(17)9-15;1-7-6-16-9-5-3-2-4-8(9)14(7)11(15)10(12)13;5-3(6)1-4-2-10(7,8)9/h1,8-10H,4-7H2,2H3;6-8H,4-5,9-10H2,1-3H3;2-5,7,10H,6H2,1H3;4H,1-2H2,(H,5,6)(H2,7,8,9). The van der Waals surface area contributed by atoms with E-state index in [-0.39, 0.29) is 46.9 Å². The molecule has 0 bridgehead atoms. The van der Waals surface area contributed by atoms with E-state index in [1.165, 1.54) is 6.07 Å². The predicted octanol–water partition coefficient (Wildman–Crippen LogP) is 8.15. The number of para-hydroxylation sites is 3. The van der Waals surface area contributed by atoms with Crippen molar-refractivity contribution in [3.05, 3.63) is 87.7 Å². The van der Waals surface area contributed by atoms with Crippen molar-refractivity contribution in [2.75, 3.05) is 53.4 Å². The number of hydrogen-bond acceptors (Lipinski definition) is 10. The van der Waals surface area contributed by atoms with Crippen LogP contribution in [0.4, 0.5) is 21.5 Å². The van der Waals surface area contributed by atoms with Crippen LogP contribution in [0.1, 0.15) is 64.5 Å². The van der Waals surface area contributed by atoms with Gasteiger partial charge in [0.15, 0.2) is 10.9 Å². The van der Waals surface area contributed by atoms with E-state index in [0.29, 0.717) is 43.0 Å². The quantitative estimate of drug-likeness (QED) is 0.0395. The summed E-state index contributed by atoms with van der Waals surface area (Å²) in [6.07, 6.45) is 7.74. The molecular formula is C46H54Cl4FN4O12P. The Morgan fingerprint density at radius 1 is 1.04 bits per heavy atom. The van der Waals surface area contributed by atoms with Crippen LogP contribution < -0.4 is 29.5 Å². The zero-order valence-corrected chi connectivity index (χ0v) is 41.9. The van der Waals surface area contributed by atoms with Gasteiger partial charge in [-0.2, -0.15) is 0 Å². The molecule has 1 aliphatic carbocycles. The number of nitrogens with zero attached hydrogens (tertiary/aromatic N) is 3. The maximum absolute atomic E-state index is 14.4. The Morgan fingerprint density at radius 2 is 1.68 bits per heavy atom. The van der Waals surface area contributed by atoms with Gasteiger partial charge in [0.05, 0.1) is 41.0 Å². The smallest absolute Gasteiger partial charge is 0.339 e. The summed E-state index contributed by atoms with van der Waals surface area (Å²) in [5.41, 5.74) is 4.65. The highest BCUT2D eigenvalue weighted by atomic mass is 35.5. The number of fused-ring (bicyclic) bond motifs is 1. The monoisotopic (exact) mass is 1040 g/mol. The van der Waals surface area contributed by atoms with Crippen LogP contribution in [0.2, 0.25) is 5.02 Å². The number of imide groups is 1. The second kappa shape index (κ2) is 27.5. The number of amides is 4. The highest BCUT2D eigenvalue weighted by molar-refractivity contribution is 7.51. The Bertz CT molecular complexity index is 2390. The molecule has 4 amide bonds. The molecule has 370 valence electrons. The summed E-state index contributed by atoms with van der Waals surface area (Å²) in [6, 6.07) is 15.6. The second-order valence-corrected chi connectivity index (χ2v) is 18.5. The molecule has 3 aromatic carbocycles. The number of terminal acetylenes is 1. The third-order valence-electron chi connectivity index (χ3n) is 10.0. The van der Waals surface area contributed by atoms with Crippen molar-refractivity contribution in [2.45, 2.75) is 83.7 Å². The number of hydrogen-bond donors (Lipinski definition) is 4. The number of carboxylic acids is 1. The fourth-order valence-electron chi connectivity index (χ4n) is 6.92. The fraction of sp³-hybridized carbons (Fsp3) is 0.413. The number of alkyl halides is 3. The van der Waals surface area contributed by atoms with Gasteiger partial charge in [-0.15, -0.1) is 18.0 Å². The first-order valence-corrected chi connectivity index (χ1v) is 24.8. The van der Waals surface area contributed by atoms with Gasteiger partial charge in [0.2, 0.25) is 5.91 Å². The molecule has 22 heteroatoms. The van der Waals surface area contributed by atoms with Gasteiger partial charge in [-0.25, -0.2) is 9.29 Å². The second-order valence-electron chi connectivity index (χ2n) is 15.1. The molecule has 0 aromatic heterocycles. The van der Waals surface area contributed by atoms with E-state index in [1.54, 1.807) is 16.7 Å². The third-order valence-corrected chi connectivity index (χ3v) is 11.6. The van der Waals surface area contributed by atoms with Gasteiger partial charge in [-0.3, -0.25) is 38.8 Å². The fourth-order valence-corrected chi connectivity index (χ4v) is 7.87. The molecule has 68 heavy (non-hydrogen) atoms. The largest absolute Gasteiger partial charge is 0.489 e. The normalized spacial score (nSPS) is 15.5. The van der Waals surface area contributed by atoms with Crippen molar-refractivity contribution < 1.29 is 62.0 Å². The zero-order valence-electron chi connectivity index (χ0n) is 38.0.